The quantitative estimate of drug-likeness (QED) is 0.888. The molecule has 1 atom stereocenters. The Hall–Kier alpha value is -1.28. The SMILES string of the molecule is Cc1csc(N2CCN(C(=O)C3CC(F)(F)CN3)CC2)n1. The minimum absolute atomic E-state index is 0.206. The molecule has 0 spiro atoms. The van der Waals surface area contributed by atoms with Gasteiger partial charge in [0.25, 0.3) is 5.92 Å². The summed E-state index contributed by atoms with van der Waals surface area (Å²) in [5.74, 6) is -2.97. The number of nitrogens with one attached hydrogen (secondary N) is 1. The summed E-state index contributed by atoms with van der Waals surface area (Å²) >= 11 is 1.59. The van der Waals surface area contributed by atoms with Crippen molar-refractivity contribution >= 4 is 22.4 Å². The Morgan fingerprint density at radius 1 is 1.43 bits per heavy atom. The van der Waals surface area contributed by atoms with Gasteiger partial charge in [-0.3, -0.25) is 10.1 Å². The number of thiazole rings is 1. The number of rotatable bonds is 2. The molecule has 21 heavy (non-hydrogen) atoms. The molecule has 1 amide bonds. The first-order chi connectivity index (χ1) is 9.94. The highest BCUT2D eigenvalue weighted by Crippen LogP contribution is 2.27. The molecule has 3 rings (SSSR count). The van der Waals surface area contributed by atoms with Crippen LogP contribution >= 0.6 is 11.3 Å². The van der Waals surface area contributed by atoms with Gasteiger partial charge in [-0.05, 0) is 6.92 Å². The standard InChI is InChI=1S/C13H18F2N4OS/c1-9-7-21-12(17-9)19-4-2-18(3-5-19)11(20)10-6-13(14,15)8-16-10/h7,10,16H,2-6,8H2,1H3. The topological polar surface area (TPSA) is 48.5 Å². The summed E-state index contributed by atoms with van der Waals surface area (Å²) in [5.41, 5.74) is 0.992. The maximum absolute atomic E-state index is 13.2. The number of hydrogen-bond acceptors (Lipinski definition) is 5. The van der Waals surface area contributed by atoms with E-state index in [1.54, 1.807) is 16.2 Å². The number of halogens is 2. The molecule has 1 unspecified atom stereocenters. The molecule has 8 heteroatoms. The van der Waals surface area contributed by atoms with Crippen molar-refractivity contribution in [3.05, 3.63) is 11.1 Å². The Bertz CT molecular complexity index is 528. The van der Waals surface area contributed by atoms with E-state index in [4.69, 9.17) is 0 Å². The van der Waals surface area contributed by atoms with Crippen LogP contribution in [0.25, 0.3) is 0 Å². The Morgan fingerprint density at radius 2 is 2.14 bits per heavy atom. The largest absolute Gasteiger partial charge is 0.345 e. The van der Waals surface area contributed by atoms with Crippen molar-refractivity contribution in [2.24, 2.45) is 0 Å². The Balaban J connectivity index is 1.55. The van der Waals surface area contributed by atoms with E-state index in [1.165, 1.54) is 0 Å². The first-order valence-electron chi connectivity index (χ1n) is 7.02. The van der Waals surface area contributed by atoms with Gasteiger partial charge < -0.3 is 9.80 Å². The zero-order valence-corrected chi connectivity index (χ0v) is 12.6. The van der Waals surface area contributed by atoms with Gasteiger partial charge in [-0.2, -0.15) is 0 Å². The van der Waals surface area contributed by atoms with Crippen molar-refractivity contribution in [2.75, 3.05) is 37.6 Å². The molecule has 0 aliphatic carbocycles. The third-order valence-corrected chi connectivity index (χ3v) is 4.90. The van der Waals surface area contributed by atoms with Gasteiger partial charge in [-0.1, -0.05) is 0 Å². The second kappa shape index (κ2) is 5.49. The lowest BCUT2D eigenvalue weighted by Gasteiger charge is -2.35. The van der Waals surface area contributed by atoms with E-state index in [0.29, 0.717) is 26.2 Å². The minimum atomic E-state index is -2.76. The van der Waals surface area contributed by atoms with Crippen LogP contribution in [-0.2, 0) is 4.79 Å². The molecular weight excluding hydrogens is 298 g/mol. The van der Waals surface area contributed by atoms with Crippen molar-refractivity contribution in [3.63, 3.8) is 0 Å². The van der Waals surface area contributed by atoms with E-state index >= 15 is 0 Å². The van der Waals surface area contributed by atoms with Crippen LogP contribution in [0.5, 0.6) is 0 Å². The molecule has 2 saturated heterocycles. The second-order valence-corrected chi connectivity index (χ2v) is 6.41. The Kier molecular flexibility index (Phi) is 3.83. The smallest absolute Gasteiger partial charge is 0.262 e. The zero-order valence-electron chi connectivity index (χ0n) is 11.8. The molecule has 1 aromatic heterocycles. The van der Waals surface area contributed by atoms with Crippen LogP contribution in [0.1, 0.15) is 12.1 Å². The molecule has 0 bridgehead atoms. The summed E-state index contributed by atoms with van der Waals surface area (Å²) in [5, 5.41) is 5.59. The lowest BCUT2D eigenvalue weighted by molar-refractivity contribution is -0.134. The fourth-order valence-corrected chi connectivity index (χ4v) is 3.57. The fourth-order valence-electron chi connectivity index (χ4n) is 2.72. The fraction of sp³-hybridized carbons (Fsp3) is 0.692. The summed E-state index contributed by atoms with van der Waals surface area (Å²) < 4.78 is 26.3. The number of piperazine rings is 1. The number of aryl methyl sites for hydroxylation is 1. The molecule has 1 N–H and O–H groups in total. The molecule has 116 valence electrons. The molecular formula is C13H18F2N4OS. The molecule has 3 heterocycles. The maximum Gasteiger partial charge on any atom is 0.262 e. The average molecular weight is 316 g/mol. The van der Waals surface area contributed by atoms with Crippen LogP contribution < -0.4 is 10.2 Å². The number of amides is 1. The van der Waals surface area contributed by atoms with E-state index in [9.17, 15) is 13.6 Å². The van der Waals surface area contributed by atoms with Gasteiger partial charge in [0.1, 0.15) is 0 Å². The third-order valence-electron chi connectivity index (χ3n) is 3.88. The van der Waals surface area contributed by atoms with Gasteiger partial charge in [-0.15, -0.1) is 11.3 Å². The molecule has 0 aromatic carbocycles. The third kappa shape index (κ3) is 3.16. The lowest BCUT2D eigenvalue weighted by Crippen LogP contribution is -2.53. The number of carbonyl (C=O) groups is 1. The first kappa shape index (κ1) is 14.6. The average Bonchev–Trinajstić information content (AvgIpc) is 3.04. The Labute approximate surface area is 125 Å². The predicted octanol–water partition coefficient (Wildman–Crippen LogP) is 1.10. The highest BCUT2D eigenvalue weighted by molar-refractivity contribution is 7.13. The summed E-state index contributed by atoms with van der Waals surface area (Å²) in [6.45, 7) is 4.06. The van der Waals surface area contributed by atoms with Gasteiger partial charge in [0.15, 0.2) is 5.13 Å². The van der Waals surface area contributed by atoms with Gasteiger partial charge in [0.05, 0.1) is 18.3 Å². The van der Waals surface area contributed by atoms with E-state index in [2.05, 4.69) is 15.2 Å². The van der Waals surface area contributed by atoms with Crippen molar-refractivity contribution in [2.45, 2.75) is 25.3 Å². The summed E-state index contributed by atoms with van der Waals surface area (Å²) in [6.07, 6.45) is -0.391. The number of carbonyl (C=O) groups excluding carboxylic acids is 1. The van der Waals surface area contributed by atoms with E-state index in [1.807, 2.05) is 12.3 Å². The summed E-state index contributed by atoms with van der Waals surface area (Å²) in [7, 11) is 0. The molecule has 0 saturated carbocycles. The number of hydrogen-bond donors (Lipinski definition) is 1. The lowest BCUT2D eigenvalue weighted by atomic mass is 10.1. The van der Waals surface area contributed by atoms with Gasteiger partial charge in [-0.25, -0.2) is 13.8 Å². The van der Waals surface area contributed by atoms with E-state index in [0.717, 1.165) is 10.8 Å². The zero-order chi connectivity index (χ0) is 15.0. The molecule has 0 radical (unpaired) electrons. The van der Waals surface area contributed by atoms with Crippen molar-refractivity contribution in [1.29, 1.82) is 0 Å². The molecule has 2 fully saturated rings. The van der Waals surface area contributed by atoms with Crippen LogP contribution in [0.15, 0.2) is 5.38 Å². The molecule has 1 aromatic rings. The monoisotopic (exact) mass is 316 g/mol. The summed E-state index contributed by atoms with van der Waals surface area (Å²) in [6, 6.07) is -0.742. The van der Waals surface area contributed by atoms with Crippen LogP contribution in [0.4, 0.5) is 13.9 Å². The van der Waals surface area contributed by atoms with Crippen molar-refractivity contribution < 1.29 is 13.6 Å². The minimum Gasteiger partial charge on any atom is -0.345 e. The predicted molar refractivity (Wildman–Crippen MR) is 77.0 cm³/mol. The Morgan fingerprint density at radius 3 is 2.67 bits per heavy atom. The van der Waals surface area contributed by atoms with Crippen molar-refractivity contribution in [1.82, 2.24) is 15.2 Å². The summed E-state index contributed by atoms with van der Waals surface area (Å²) in [4.78, 5) is 20.5. The number of nitrogens with zero attached hydrogens (tertiary/aromatic N) is 3. The first-order valence-corrected chi connectivity index (χ1v) is 7.90. The number of alkyl halides is 2. The molecule has 5 nitrogen and oxygen atoms in total. The van der Waals surface area contributed by atoms with Crippen molar-refractivity contribution in [3.8, 4) is 0 Å². The van der Waals surface area contributed by atoms with Crippen LogP contribution in [-0.4, -0.2) is 60.5 Å². The van der Waals surface area contributed by atoms with Gasteiger partial charge in [0.2, 0.25) is 5.91 Å². The van der Waals surface area contributed by atoms with E-state index < -0.39 is 24.9 Å². The normalized spacial score (nSPS) is 25.4. The van der Waals surface area contributed by atoms with E-state index in [-0.39, 0.29) is 5.91 Å². The van der Waals surface area contributed by atoms with Gasteiger partial charge >= 0.3 is 0 Å². The van der Waals surface area contributed by atoms with Crippen LogP contribution in [0.3, 0.4) is 0 Å². The highest BCUT2D eigenvalue weighted by atomic mass is 32.1. The number of aromatic nitrogens is 1. The number of anilines is 1. The maximum atomic E-state index is 13.2. The molecule has 2 aliphatic rings. The van der Waals surface area contributed by atoms with Crippen LogP contribution in [0.2, 0.25) is 0 Å². The highest BCUT2D eigenvalue weighted by Gasteiger charge is 2.43. The molecule has 2 aliphatic heterocycles. The second-order valence-electron chi connectivity index (χ2n) is 5.58. The van der Waals surface area contributed by atoms with Crippen LogP contribution in [0, 0.1) is 6.92 Å². The van der Waals surface area contributed by atoms with Gasteiger partial charge in [0, 0.05) is 38.0 Å².